The van der Waals surface area contributed by atoms with Crippen molar-refractivity contribution in [1.82, 2.24) is 0 Å². The fraction of sp³-hybridized carbons (Fsp3) is 0.778. The summed E-state index contributed by atoms with van der Waals surface area (Å²) in [4.78, 5) is 0. The third-order valence-electron chi connectivity index (χ3n) is 2.47. The largest absolute Gasteiger partial charge is 0.375 e. The number of hydrogen-bond donors (Lipinski definition) is 0. The van der Waals surface area contributed by atoms with Gasteiger partial charge in [-0.15, -0.1) is 0 Å². The topological polar surface area (TPSA) is 18.5 Å². The minimum absolute atomic E-state index is 0.362. The van der Waals surface area contributed by atoms with Gasteiger partial charge in [0.05, 0.1) is 19.3 Å². The third-order valence-corrected chi connectivity index (χ3v) is 2.47. The minimum Gasteiger partial charge on any atom is -0.375 e. The van der Waals surface area contributed by atoms with Crippen LogP contribution in [0.2, 0.25) is 0 Å². The molecule has 1 aliphatic heterocycles. The maximum Gasteiger partial charge on any atom is 0.106 e. The zero-order valence-electron chi connectivity index (χ0n) is 6.93. The van der Waals surface area contributed by atoms with Gasteiger partial charge in [-0.25, -0.2) is 0 Å². The van der Waals surface area contributed by atoms with Crippen LogP contribution >= 0.6 is 0 Å². The van der Waals surface area contributed by atoms with Crippen molar-refractivity contribution in [3.05, 3.63) is 12.0 Å². The van der Waals surface area contributed by atoms with Crippen molar-refractivity contribution in [2.45, 2.75) is 32.3 Å². The molecular formula is C9H14O2. The van der Waals surface area contributed by atoms with Crippen LogP contribution in [0.3, 0.4) is 0 Å². The highest BCUT2D eigenvalue weighted by molar-refractivity contribution is 5.16. The zero-order chi connectivity index (χ0) is 7.68. The molecule has 0 spiro atoms. The molecule has 1 unspecified atom stereocenters. The van der Waals surface area contributed by atoms with E-state index in [4.69, 9.17) is 9.47 Å². The van der Waals surface area contributed by atoms with Gasteiger partial charge in [-0.3, -0.25) is 0 Å². The summed E-state index contributed by atoms with van der Waals surface area (Å²) in [5.41, 5.74) is 0. The van der Waals surface area contributed by atoms with Gasteiger partial charge in [-0.2, -0.15) is 0 Å². The van der Waals surface area contributed by atoms with Gasteiger partial charge in [-0.1, -0.05) is 6.92 Å². The Labute approximate surface area is 67.9 Å². The monoisotopic (exact) mass is 154 g/mol. The average molecular weight is 154 g/mol. The molecule has 2 rings (SSSR count). The summed E-state index contributed by atoms with van der Waals surface area (Å²) in [6, 6.07) is 0. The molecule has 0 aromatic heterocycles. The molecule has 2 heteroatoms. The molecule has 1 saturated heterocycles. The van der Waals surface area contributed by atoms with E-state index in [0.717, 1.165) is 19.6 Å². The number of hydrogen-bond acceptors (Lipinski definition) is 2. The average Bonchev–Trinajstić information content (AvgIpc) is 2.17. The maximum atomic E-state index is 5.60. The van der Waals surface area contributed by atoms with Crippen molar-refractivity contribution in [2.24, 2.45) is 0 Å². The lowest BCUT2D eigenvalue weighted by molar-refractivity contribution is 0.0579. The van der Waals surface area contributed by atoms with E-state index in [1.165, 1.54) is 24.9 Å². The Hall–Kier alpha value is -0.0800. The Morgan fingerprint density at radius 1 is 1.36 bits per heavy atom. The van der Waals surface area contributed by atoms with E-state index in [1.54, 1.807) is 0 Å². The fourth-order valence-corrected chi connectivity index (χ4v) is 1.79. The number of rotatable bonds is 0. The second-order valence-electron chi connectivity index (χ2n) is 3.21. The van der Waals surface area contributed by atoms with E-state index in [-0.39, 0.29) is 0 Å². The Balaban J connectivity index is 2.06. The van der Waals surface area contributed by atoms with E-state index < -0.39 is 0 Å². The standard InChI is InChI=1S/C9H14O2/c1-7-8-3-2-4-9(7)11-6-5-10-8/h8H,2-6H2,1H3. The SMILES string of the molecule is C[C]1[C]2CCCC1OCCO2. The first-order valence-electron chi connectivity index (χ1n) is 4.32. The molecule has 2 nitrogen and oxygen atoms in total. The van der Waals surface area contributed by atoms with E-state index in [9.17, 15) is 0 Å². The van der Waals surface area contributed by atoms with Crippen LogP contribution in [0.25, 0.3) is 0 Å². The second-order valence-corrected chi connectivity index (χ2v) is 3.21. The molecule has 1 heterocycles. The van der Waals surface area contributed by atoms with Crippen LogP contribution in [-0.2, 0) is 9.47 Å². The van der Waals surface area contributed by atoms with Crippen molar-refractivity contribution in [3.63, 3.8) is 0 Å². The molecule has 0 aromatic rings. The Bertz CT molecular complexity index is 122. The lowest BCUT2D eigenvalue weighted by atomic mass is 9.85. The van der Waals surface area contributed by atoms with Gasteiger partial charge >= 0.3 is 0 Å². The zero-order valence-corrected chi connectivity index (χ0v) is 6.93. The van der Waals surface area contributed by atoms with E-state index in [2.05, 4.69) is 6.92 Å². The molecule has 2 bridgehead atoms. The van der Waals surface area contributed by atoms with Crippen LogP contribution in [0.1, 0.15) is 26.2 Å². The summed E-state index contributed by atoms with van der Waals surface area (Å²) in [6.45, 7) is 3.62. The minimum atomic E-state index is 0.362. The van der Waals surface area contributed by atoms with E-state index in [1.807, 2.05) is 0 Å². The van der Waals surface area contributed by atoms with E-state index in [0.29, 0.717) is 6.10 Å². The molecule has 0 aromatic carbocycles. The summed E-state index contributed by atoms with van der Waals surface area (Å²) in [5.74, 6) is 1.33. The molecule has 2 aliphatic rings. The van der Waals surface area contributed by atoms with E-state index >= 15 is 0 Å². The highest BCUT2D eigenvalue weighted by Crippen LogP contribution is 2.37. The molecule has 1 saturated carbocycles. The van der Waals surface area contributed by atoms with Crippen molar-refractivity contribution in [2.75, 3.05) is 13.2 Å². The maximum absolute atomic E-state index is 5.60. The summed E-state index contributed by atoms with van der Waals surface area (Å²) in [6.07, 6.45) is 5.07. The lowest BCUT2D eigenvalue weighted by Gasteiger charge is -2.30. The smallest absolute Gasteiger partial charge is 0.106 e. The van der Waals surface area contributed by atoms with Crippen molar-refractivity contribution in [1.29, 1.82) is 0 Å². The third kappa shape index (κ3) is 1.42. The molecule has 0 N–H and O–H groups in total. The van der Waals surface area contributed by atoms with Crippen molar-refractivity contribution >= 4 is 0 Å². The van der Waals surface area contributed by atoms with Gasteiger partial charge in [-0.05, 0) is 19.3 Å². The quantitative estimate of drug-likeness (QED) is 0.529. The highest BCUT2D eigenvalue weighted by Gasteiger charge is 2.34. The number of ether oxygens (including phenoxy) is 2. The van der Waals surface area contributed by atoms with Crippen LogP contribution in [0.15, 0.2) is 0 Å². The van der Waals surface area contributed by atoms with Crippen LogP contribution in [0, 0.1) is 12.0 Å². The molecule has 2 radical (unpaired) electrons. The first-order valence-corrected chi connectivity index (χ1v) is 4.32. The van der Waals surface area contributed by atoms with Gasteiger partial charge in [0.2, 0.25) is 0 Å². The summed E-state index contributed by atoms with van der Waals surface area (Å²) >= 11 is 0. The lowest BCUT2D eigenvalue weighted by Crippen LogP contribution is -2.27. The molecule has 0 amide bonds. The van der Waals surface area contributed by atoms with Gasteiger partial charge < -0.3 is 9.47 Å². The van der Waals surface area contributed by atoms with Gasteiger partial charge in [0, 0.05) is 5.92 Å². The Kier molecular flexibility index (Phi) is 2.14. The fourth-order valence-electron chi connectivity index (χ4n) is 1.79. The molecular weight excluding hydrogens is 140 g/mol. The van der Waals surface area contributed by atoms with Crippen molar-refractivity contribution < 1.29 is 9.47 Å². The molecule has 11 heavy (non-hydrogen) atoms. The first-order chi connectivity index (χ1) is 5.38. The Morgan fingerprint density at radius 2 is 2.27 bits per heavy atom. The second kappa shape index (κ2) is 3.11. The first kappa shape index (κ1) is 7.56. The molecule has 1 aliphatic carbocycles. The molecule has 1 atom stereocenters. The summed E-state index contributed by atoms with van der Waals surface area (Å²) in [5, 5.41) is 0. The predicted molar refractivity (Wildman–Crippen MR) is 41.7 cm³/mol. The normalized spacial score (nSPS) is 35.2. The van der Waals surface area contributed by atoms with Crippen LogP contribution in [0.4, 0.5) is 0 Å². The van der Waals surface area contributed by atoms with Gasteiger partial charge in [0.25, 0.3) is 0 Å². The van der Waals surface area contributed by atoms with Crippen LogP contribution in [0.5, 0.6) is 0 Å². The van der Waals surface area contributed by atoms with Crippen LogP contribution in [-0.4, -0.2) is 19.3 Å². The summed E-state index contributed by atoms with van der Waals surface area (Å²) < 4.78 is 11.1. The van der Waals surface area contributed by atoms with Crippen molar-refractivity contribution in [3.8, 4) is 0 Å². The number of fused-ring (bicyclic) bond motifs is 2. The van der Waals surface area contributed by atoms with Crippen LogP contribution < -0.4 is 0 Å². The predicted octanol–water partition coefficient (Wildman–Crippen LogP) is 1.71. The van der Waals surface area contributed by atoms with Gasteiger partial charge in [0.1, 0.15) is 6.10 Å². The Morgan fingerprint density at radius 3 is 3.18 bits per heavy atom. The van der Waals surface area contributed by atoms with Gasteiger partial charge in [0.15, 0.2) is 0 Å². The summed E-state index contributed by atoms with van der Waals surface area (Å²) in [7, 11) is 0. The molecule has 2 fully saturated rings. The highest BCUT2D eigenvalue weighted by atomic mass is 16.5. The molecule has 62 valence electrons.